The van der Waals surface area contributed by atoms with Gasteiger partial charge < -0.3 is 24.4 Å². The van der Waals surface area contributed by atoms with Crippen LogP contribution in [0.1, 0.15) is 11.3 Å². The summed E-state index contributed by atoms with van der Waals surface area (Å²) in [5, 5.41) is 24.4. The lowest BCUT2D eigenvalue weighted by Crippen LogP contribution is -2.61. The molecular formula is C18H19N3O9S. The zero-order valence-electron chi connectivity index (χ0n) is 16.4. The third-order valence-electron chi connectivity index (χ3n) is 3.93. The van der Waals surface area contributed by atoms with Gasteiger partial charge in [0.05, 0.1) is 12.8 Å². The molecule has 0 radical (unpaired) electrons. The van der Waals surface area contributed by atoms with Crippen LogP contribution in [0.5, 0.6) is 0 Å². The van der Waals surface area contributed by atoms with Crippen molar-refractivity contribution >= 4 is 40.5 Å². The van der Waals surface area contributed by atoms with Crippen molar-refractivity contribution in [2.24, 2.45) is 0 Å². The van der Waals surface area contributed by atoms with Crippen molar-refractivity contribution in [3.8, 4) is 0 Å². The summed E-state index contributed by atoms with van der Waals surface area (Å²) in [5.74, 6) is -4.70. The third-order valence-corrected chi connectivity index (χ3v) is 4.69. The second-order valence-electron chi connectivity index (χ2n) is 5.87. The van der Waals surface area contributed by atoms with Crippen molar-refractivity contribution in [2.75, 3.05) is 19.5 Å². The highest BCUT2D eigenvalue weighted by Crippen LogP contribution is 2.28. The molecule has 1 amide bonds. The average molecular weight is 453 g/mol. The molecule has 0 fully saturated rings. The molecule has 12 nitrogen and oxygen atoms in total. The Morgan fingerprint density at radius 1 is 1.16 bits per heavy atom. The zero-order chi connectivity index (χ0) is 23.0. The van der Waals surface area contributed by atoms with Crippen LogP contribution >= 0.6 is 11.3 Å². The summed E-state index contributed by atoms with van der Waals surface area (Å²) >= 11 is 0.792. The Balaban J connectivity index is 2.24. The monoisotopic (exact) mass is 453 g/mol. The Morgan fingerprint density at radius 3 is 2.39 bits per heavy atom. The van der Waals surface area contributed by atoms with Crippen LogP contribution in [0.25, 0.3) is 0 Å². The lowest BCUT2D eigenvalue weighted by Gasteiger charge is -2.28. The van der Waals surface area contributed by atoms with E-state index in [0.717, 1.165) is 36.5 Å². The number of carbonyl (C=O) groups excluding carboxylic acids is 2. The van der Waals surface area contributed by atoms with Gasteiger partial charge in [0.1, 0.15) is 6.61 Å². The topological polar surface area (TPSA) is 173 Å². The second-order valence-corrected chi connectivity index (χ2v) is 6.73. The SMILES string of the molecule is COC(=O)C(NC(OC)C(=O)O)(C(=O)O)c1csc(NC(=O)OCc2ccccc2)n1. The van der Waals surface area contributed by atoms with Gasteiger partial charge in [0.25, 0.3) is 5.54 Å². The Kier molecular flexibility index (Phi) is 8.01. The molecule has 31 heavy (non-hydrogen) atoms. The van der Waals surface area contributed by atoms with Crippen molar-refractivity contribution in [1.29, 1.82) is 0 Å². The standard InChI is InChI=1S/C18H19N3O9S/c1-28-12(13(22)23)21-18(14(24)25,15(26)29-2)11-9-31-16(19-11)20-17(27)30-8-10-6-4-3-5-7-10/h3-7,9,12,21H,8H2,1-2H3,(H,22,23)(H,24,25)(H,19,20,27). The molecule has 1 aromatic carbocycles. The first-order valence-corrected chi connectivity index (χ1v) is 9.41. The first-order chi connectivity index (χ1) is 14.7. The molecule has 166 valence electrons. The van der Waals surface area contributed by atoms with Crippen molar-refractivity contribution in [3.05, 3.63) is 47.0 Å². The number of methoxy groups -OCH3 is 2. The van der Waals surface area contributed by atoms with E-state index in [9.17, 15) is 29.4 Å². The van der Waals surface area contributed by atoms with E-state index in [0.29, 0.717) is 0 Å². The Labute approximate surface area is 179 Å². The van der Waals surface area contributed by atoms with Crippen LogP contribution in [0.2, 0.25) is 0 Å². The number of thiazole rings is 1. The molecule has 2 rings (SSSR count). The van der Waals surface area contributed by atoms with E-state index < -0.39 is 41.5 Å². The van der Waals surface area contributed by atoms with Gasteiger partial charge in [0, 0.05) is 12.5 Å². The van der Waals surface area contributed by atoms with Gasteiger partial charge >= 0.3 is 24.0 Å². The van der Waals surface area contributed by atoms with Gasteiger partial charge in [-0.25, -0.2) is 24.2 Å². The smallest absolute Gasteiger partial charge is 0.413 e. The second kappa shape index (κ2) is 10.5. The molecule has 0 saturated heterocycles. The van der Waals surface area contributed by atoms with Crippen molar-refractivity contribution < 1.29 is 43.6 Å². The molecule has 0 aliphatic heterocycles. The minimum atomic E-state index is -2.71. The summed E-state index contributed by atoms with van der Waals surface area (Å²) in [7, 11) is 1.93. The summed E-state index contributed by atoms with van der Waals surface area (Å²) in [6, 6.07) is 8.88. The number of esters is 1. The molecule has 13 heteroatoms. The van der Waals surface area contributed by atoms with Crippen LogP contribution in [-0.4, -0.2) is 59.6 Å². The zero-order valence-corrected chi connectivity index (χ0v) is 17.2. The number of amides is 1. The number of carboxylic acids is 2. The van der Waals surface area contributed by atoms with Crippen molar-refractivity contribution in [3.63, 3.8) is 0 Å². The highest BCUT2D eigenvalue weighted by molar-refractivity contribution is 7.14. The lowest BCUT2D eigenvalue weighted by atomic mass is 9.95. The number of hydrogen-bond acceptors (Lipinski definition) is 10. The van der Waals surface area contributed by atoms with Gasteiger partial charge in [0.15, 0.2) is 5.13 Å². The molecule has 0 saturated carbocycles. The van der Waals surface area contributed by atoms with E-state index in [2.05, 4.69) is 25.1 Å². The van der Waals surface area contributed by atoms with E-state index in [1.807, 2.05) is 6.07 Å². The number of anilines is 1. The van der Waals surface area contributed by atoms with Crippen LogP contribution in [0.3, 0.4) is 0 Å². The number of carbonyl (C=O) groups is 4. The highest BCUT2D eigenvalue weighted by Gasteiger charge is 2.54. The molecule has 0 bridgehead atoms. The van der Waals surface area contributed by atoms with Gasteiger partial charge in [0.2, 0.25) is 6.23 Å². The number of aliphatic carboxylic acids is 2. The molecule has 0 aliphatic rings. The number of benzene rings is 1. The summed E-state index contributed by atoms with van der Waals surface area (Å²) in [6.07, 6.45) is -2.74. The Bertz CT molecular complexity index is 950. The van der Waals surface area contributed by atoms with Gasteiger partial charge in [-0.05, 0) is 5.56 Å². The minimum Gasteiger partial charge on any atom is -0.479 e. The molecule has 1 heterocycles. The summed E-state index contributed by atoms with van der Waals surface area (Å²) in [5.41, 5.74) is -2.38. The highest BCUT2D eigenvalue weighted by atomic mass is 32.1. The fraction of sp³-hybridized carbons (Fsp3) is 0.278. The Morgan fingerprint density at radius 2 is 1.84 bits per heavy atom. The molecule has 4 N–H and O–H groups in total. The number of aromatic nitrogens is 1. The molecule has 2 aromatic rings. The first kappa shape index (κ1) is 23.7. The van der Waals surface area contributed by atoms with Crippen molar-refractivity contribution in [1.82, 2.24) is 10.3 Å². The van der Waals surface area contributed by atoms with E-state index in [1.165, 1.54) is 0 Å². The van der Waals surface area contributed by atoms with Gasteiger partial charge in [-0.1, -0.05) is 30.3 Å². The average Bonchev–Trinajstić information content (AvgIpc) is 3.21. The molecule has 0 spiro atoms. The predicted octanol–water partition coefficient (Wildman–Crippen LogP) is 0.991. The van der Waals surface area contributed by atoms with Crippen LogP contribution in [-0.2, 0) is 40.7 Å². The van der Waals surface area contributed by atoms with Gasteiger partial charge in [-0.3, -0.25) is 10.6 Å². The van der Waals surface area contributed by atoms with Crippen LogP contribution in [0.4, 0.5) is 9.93 Å². The van der Waals surface area contributed by atoms with Gasteiger partial charge in [-0.15, -0.1) is 11.3 Å². The predicted molar refractivity (Wildman–Crippen MR) is 105 cm³/mol. The third kappa shape index (κ3) is 5.53. The largest absolute Gasteiger partial charge is 0.479 e. The van der Waals surface area contributed by atoms with Crippen LogP contribution in [0.15, 0.2) is 35.7 Å². The number of nitrogens with zero attached hydrogens (tertiary/aromatic N) is 1. The van der Waals surface area contributed by atoms with E-state index >= 15 is 0 Å². The van der Waals surface area contributed by atoms with E-state index in [-0.39, 0.29) is 11.7 Å². The van der Waals surface area contributed by atoms with Crippen molar-refractivity contribution in [2.45, 2.75) is 18.4 Å². The molecule has 1 aromatic heterocycles. The summed E-state index contributed by atoms with van der Waals surface area (Å²) in [4.78, 5) is 51.6. The normalized spacial score (nSPS) is 13.5. The minimum absolute atomic E-state index is 0.0121. The van der Waals surface area contributed by atoms with Gasteiger partial charge in [-0.2, -0.15) is 0 Å². The fourth-order valence-corrected chi connectivity index (χ4v) is 3.16. The number of rotatable bonds is 10. The Hall–Kier alpha value is -3.55. The summed E-state index contributed by atoms with van der Waals surface area (Å²) < 4.78 is 14.3. The van der Waals surface area contributed by atoms with E-state index in [4.69, 9.17) is 4.74 Å². The van der Waals surface area contributed by atoms with Crippen LogP contribution < -0.4 is 10.6 Å². The molecule has 2 unspecified atom stereocenters. The number of ether oxygens (including phenoxy) is 3. The molecule has 2 atom stereocenters. The number of carboxylic acid groups (broad SMARTS) is 2. The maximum atomic E-state index is 12.4. The fourth-order valence-electron chi connectivity index (χ4n) is 2.42. The number of hydrogen-bond donors (Lipinski definition) is 4. The number of nitrogens with one attached hydrogen (secondary N) is 2. The quantitative estimate of drug-likeness (QED) is 0.229. The van der Waals surface area contributed by atoms with E-state index in [1.54, 1.807) is 24.3 Å². The lowest BCUT2D eigenvalue weighted by molar-refractivity contribution is -0.168. The molecule has 0 aliphatic carbocycles. The first-order valence-electron chi connectivity index (χ1n) is 8.53. The maximum Gasteiger partial charge on any atom is 0.413 e. The molecular weight excluding hydrogens is 434 g/mol. The summed E-state index contributed by atoms with van der Waals surface area (Å²) in [6.45, 7) is -0.0121. The van der Waals surface area contributed by atoms with Crippen LogP contribution in [0, 0.1) is 0 Å². The maximum absolute atomic E-state index is 12.4.